The Morgan fingerprint density at radius 3 is 2.72 bits per heavy atom. The summed E-state index contributed by atoms with van der Waals surface area (Å²) in [6.07, 6.45) is 2.30. The van der Waals surface area contributed by atoms with Gasteiger partial charge in [0, 0.05) is 18.2 Å². The van der Waals surface area contributed by atoms with Crippen LogP contribution in [0.5, 0.6) is 0 Å². The van der Waals surface area contributed by atoms with Crippen LogP contribution in [0.4, 0.5) is 4.39 Å². The molecule has 1 unspecified atom stereocenters. The standard InChI is InChI=1S/C15H25FN2/c1-4-17-13(2)8-7-11-18(3)12-14-9-5-6-10-15(14)16/h5-6,9-10,13,17H,4,7-8,11-12H2,1-3H3. The van der Waals surface area contributed by atoms with Gasteiger partial charge in [-0.2, -0.15) is 0 Å². The number of nitrogens with zero attached hydrogens (tertiary/aromatic N) is 1. The van der Waals surface area contributed by atoms with Crippen molar-refractivity contribution < 1.29 is 4.39 Å². The molecule has 0 saturated carbocycles. The minimum absolute atomic E-state index is 0.106. The SMILES string of the molecule is CCNC(C)CCCN(C)Cc1ccccc1F. The minimum Gasteiger partial charge on any atom is -0.315 e. The molecule has 0 fully saturated rings. The number of halogens is 1. The van der Waals surface area contributed by atoms with E-state index in [0.29, 0.717) is 12.6 Å². The lowest BCUT2D eigenvalue weighted by atomic mass is 10.1. The van der Waals surface area contributed by atoms with Crippen LogP contribution in [0.25, 0.3) is 0 Å². The van der Waals surface area contributed by atoms with Crippen LogP contribution in [0.1, 0.15) is 32.3 Å². The molecule has 18 heavy (non-hydrogen) atoms. The molecule has 1 N–H and O–H groups in total. The molecule has 0 bridgehead atoms. The fourth-order valence-electron chi connectivity index (χ4n) is 2.11. The molecule has 0 amide bonds. The Balaban J connectivity index is 2.26. The molecule has 3 heteroatoms. The third-order valence-electron chi connectivity index (χ3n) is 3.13. The lowest BCUT2D eigenvalue weighted by Crippen LogP contribution is -2.27. The molecule has 1 atom stereocenters. The van der Waals surface area contributed by atoms with E-state index in [4.69, 9.17) is 0 Å². The van der Waals surface area contributed by atoms with Gasteiger partial charge in [-0.25, -0.2) is 4.39 Å². The zero-order chi connectivity index (χ0) is 13.4. The van der Waals surface area contributed by atoms with Crippen LogP contribution < -0.4 is 5.32 Å². The van der Waals surface area contributed by atoms with Crippen molar-refractivity contribution in [2.24, 2.45) is 0 Å². The number of benzene rings is 1. The summed E-state index contributed by atoms with van der Waals surface area (Å²) in [4.78, 5) is 2.18. The van der Waals surface area contributed by atoms with E-state index in [0.717, 1.165) is 31.5 Å². The molecule has 2 nitrogen and oxygen atoms in total. The lowest BCUT2D eigenvalue weighted by Gasteiger charge is -2.18. The fraction of sp³-hybridized carbons (Fsp3) is 0.600. The van der Waals surface area contributed by atoms with E-state index in [2.05, 4.69) is 24.1 Å². The van der Waals surface area contributed by atoms with Crippen LogP contribution in [0.15, 0.2) is 24.3 Å². The smallest absolute Gasteiger partial charge is 0.127 e. The number of hydrogen-bond acceptors (Lipinski definition) is 2. The van der Waals surface area contributed by atoms with E-state index in [1.54, 1.807) is 6.07 Å². The molecule has 0 saturated heterocycles. The maximum absolute atomic E-state index is 13.5. The van der Waals surface area contributed by atoms with Crippen LogP contribution >= 0.6 is 0 Å². The predicted molar refractivity (Wildman–Crippen MR) is 75.1 cm³/mol. The maximum atomic E-state index is 13.5. The largest absolute Gasteiger partial charge is 0.315 e. The van der Waals surface area contributed by atoms with Crippen LogP contribution in [0.2, 0.25) is 0 Å². The molecular formula is C15H25FN2. The highest BCUT2D eigenvalue weighted by Crippen LogP contribution is 2.09. The molecule has 102 valence electrons. The van der Waals surface area contributed by atoms with E-state index >= 15 is 0 Å². The molecule has 0 aromatic heterocycles. The van der Waals surface area contributed by atoms with E-state index in [9.17, 15) is 4.39 Å². The van der Waals surface area contributed by atoms with Crippen molar-refractivity contribution in [3.05, 3.63) is 35.6 Å². The highest BCUT2D eigenvalue weighted by Gasteiger charge is 2.05. The van der Waals surface area contributed by atoms with E-state index in [1.807, 2.05) is 19.2 Å². The van der Waals surface area contributed by atoms with Gasteiger partial charge in [-0.3, -0.25) is 0 Å². The number of nitrogens with one attached hydrogen (secondary N) is 1. The first-order chi connectivity index (χ1) is 8.63. The van der Waals surface area contributed by atoms with E-state index in [1.165, 1.54) is 6.07 Å². The Labute approximate surface area is 110 Å². The summed E-state index contributed by atoms with van der Waals surface area (Å²) in [6.45, 7) is 7.04. The average Bonchev–Trinajstić information content (AvgIpc) is 2.32. The summed E-state index contributed by atoms with van der Waals surface area (Å²) in [5.41, 5.74) is 0.778. The summed E-state index contributed by atoms with van der Waals surface area (Å²) in [6, 6.07) is 7.57. The Bertz CT molecular complexity index is 341. The molecular weight excluding hydrogens is 227 g/mol. The predicted octanol–water partition coefficient (Wildman–Crippen LogP) is 3.04. The molecule has 0 heterocycles. The Morgan fingerprint density at radius 1 is 1.33 bits per heavy atom. The van der Waals surface area contributed by atoms with Gasteiger partial charge < -0.3 is 10.2 Å². The highest BCUT2D eigenvalue weighted by atomic mass is 19.1. The third kappa shape index (κ3) is 5.61. The van der Waals surface area contributed by atoms with Gasteiger partial charge in [-0.15, -0.1) is 0 Å². The van der Waals surface area contributed by atoms with Crippen LogP contribution in [0.3, 0.4) is 0 Å². The highest BCUT2D eigenvalue weighted by molar-refractivity contribution is 5.16. The molecule has 0 aliphatic carbocycles. The number of rotatable bonds is 8. The second-order valence-electron chi connectivity index (χ2n) is 4.93. The molecule has 0 radical (unpaired) electrons. The van der Waals surface area contributed by atoms with Gasteiger partial charge >= 0.3 is 0 Å². The Morgan fingerprint density at radius 2 is 2.06 bits per heavy atom. The van der Waals surface area contributed by atoms with Gasteiger partial charge in [-0.1, -0.05) is 25.1 Å². The van der Waals surface area contributed by atoms with Gasteiger partial charge in [0.2, 0.25) is 0 Å². The van der Waals surface area contributed by atoms with Crippen molar-refractivity contribution in [1.82, 2.24) is 10.2 Å². The van der Waals surface area contributed by atoms with Crippen LogP contribution in [-0.2, 0) is 6.54 Å². The summed E-state index contributed by atoms with van der Waals surface area (Å²) >= 11 is 0. The quantitative estimate of drug-likeness (QED) is 0.765. The normalized spacial score (nSPS) is 12.9. The minimum atomic E-state index is -0.106. The van der Waals surface area contributed by atoms with Crippen molar-refractivity contribution in [1.29, 1.82) is 0 Å². The second kappa shape index (κ2) is 8.22. The fourth-order valence-corrected chi connectivity index (χ4v) is 2.11. The Kier molecular flexibility index (Phi) is 6.91. The molecule has 0 aliphatic rings. The first-order valence-corrected chi connectivity index (χ1v) is 6.78. The van der Waals surface area contributed by atoms with Crippen molar-refractivity contribution in [3.63, 3.8) is 0 Å². The molecule has 0 aliphatic heterocycles. The average molecular weight is 252 g/mol. The Hall–Kier alpha value is -0.930. The second-order valence-corrected chi connectivity index (χ2v) is 4.93. The summed E-state index contributed by atoms with van der Waals surface area (Å²) < 4.78 is 13.5. The molecule has 1 rings (SSSR count). The third-order valence-corrected chi connectivity index (χ3v) is 3.13. The van der Waals surface area contributed by atoms with Gasteiger partial charge in [0.25, 0.3) is 0 Å². The summed E-state index contributed by atoms with van der Waals surface area (Å²) in [5.74, 6) is -0.106. The number of hydrogen-bond donors (Lipinski definition) is 1. The molecule has 0 spiro atoms. The van der Waals surface area contributed by atoms with Gasteiger partial charge in [-0.05, 0) is 46.0 Å². The van der Waals surface area contributed by atoms with Gasteiger partial charge in [0.15, 0.2) is 0 Å². The van der Waals surface area contributed by atoms with Gasteiger partial charge in [0.05, 0.1) is 0 Å². The van der Waals surface area contributed by atoms with E-state index < -0.39 is 0 Å². The van der Waals surface area contributed by atoms with Crippen molar-refractivity contribution >= 4 is 0 Å². The lowest BCUT2D eigenvalue weighted by molar-refractivity contribution is 0.306. The zero-order valence-electron chi connectivity index (χ0n) is 11.7. The van der Waals surface area contributed by atoms with E-state index in [-0.39, 0.29) is 5.82 Å². The topological polar surface area (TPSA) is 15.3 Å². The zero-order valence-corrected chi connectivity index (χ0v) is 11.7. The van der Waals surface area contributed by atoms with Gasteiger partial charge in [0.1, 0.15) is 5.82 Å². The van der Waals surface area contributed by atoms with Crippen molar-refractivity contribution in [3.8, 4) is 0 Å². The first-order valence-electron chi connectivity index (χ1n) is 6.78. The van der Waals surface area contributed by atoms with Crippen molar-refractivity contribution in [2.75, 3.05) is 20.1 Å². The summed E-state index contributed by atoms with van der Waals surface area (Å²) in [5, 5.41) is 3.40. The monoisotopic (exact) mass is 252 g/mol. The molecule has 1 aromatic rings. The van der Waals surface area contributed by atoms with Crippen LogP contribution in [-0.4, -0.2) is 31.1 Å². The molecule has 1 aromatic carbocycles. The summed E-state index contributed by atoms with van der Waals surface area (Å²) in [7, 11) is 2.05. The maximum Gasteiger partial charge on any atom is 0.127 e. The van der Waals surface area contributed by atoms with Crippen molar-refractivity contribution in [2.45, 2.75) is 39.3 Å². The first kappa shape index (κ1) is 15.1. The van der Waals surface area contributed by atoms with Crippen LogP contribution in [0, 0.1) is 5.82 Å².